The highest BCUT2D eigenvalue weighted by Crippen LogP contribution is 1.90. The van der Waals surface area contributed by atoms with Gasteiger partial charge in [0.25, 0.3) is 0 Å². The van der Waals surface area contributed by atoms with Crippen molar-refractivity contribution in [3.63, 3.8) is 0 Å². The highest BCUT2D eigenvalue weighted by Gasteiger charge is 2.18. The third-order valence-corrected chi connectivity index (χ3v) is 1.51. The number of carboxylic acid groups (broad SMARTS) is 1. The van der Waals surface area contributed by atoms with Gasteiger partial charge in [0.2, 0.25) is 5.91 Å². The maximum Gasteiger partial charge on any atom is 0.328 e. The molecule has 2 N–H and O–H groups in total. The molecule has 0 aromatic carbocycles. The summed E-state index contributed by atoms with van der Waals surface area (Å²) in [5, 5.41) is 14.8. The molecule has 14 heavy (non-hydrogen) atoms. The van der Waals surface area contributed by atoms with Crippen LogP contribution in [0.1, 0.15) is 6.92 Å². The minimum atomic E-state index is -1.10. The molecule has 0 saturated carbocycles. The van der Waals surface area contributed by atoms with Gasteiger partial charge < -0.3 is 10.4 Å². The van der Waals surface area contributed by atoms with Gasteiger partial charge in [-0.25, -0.2) is 9.78 Å². The molecule has 0 radical (unpaired) electrons. The lowest BCUT2D eigenvalue weighted by atomic mass is 10.3. The van der Waals surface area contributed by atoms with Gasteiger partial charge >= 0.3 is 5.97 Å². The molecule has 0 unspecified atom stereocenters. The summed E-state index contributed by atoms with van der Waals surface area (Å²) in [4.78, 5) is 25.0. The molecule has 0 spiro atoms. The van der Waals surface area contributed by atoms with Gasteiger partial charge in [-0.05, 0) is 0 Å². The Morgan fingerprint density at radius 2 is 2.36 bits per heavy atom. The van der Waals surface area contributed by atoms with E-state index in [-0.39, 0.29) is 6.54 Å². The van der Waals surface area contributed by atoms with E-state index in [4.69, 9.17) is 5.11 Å². The predicted molar refractivity (Wildman–Crippen MR) is 45.3 cm³/mol. The Morgan fingerprint density at radius 1 is 1.64 bits per heavy atom. The molecule has 0 bridgehead atoms. The molecular weight excluding hydrogens is 188 g/mol. The number of hydrogen-bond donors (Lipinski definition) is 2. The lowest BCUT2D eigenvalue weighted by Crippen LogP contribution is -2.42. The number of carboxylic acids is 1. The van der Waals surface area contributed by atoms with Crippen LogP contribution < -0.4 is 5.32 Å². The normalized spacial score (nSPS) is 12.1. The molecule has 0 saturated heterocycles. The first kappa shape index (κ1) is 10.2. The van der Waals surface area contributed by atoms with E-state index in [9.17, 15) is 9.59 Å². The molecule has 1 aromatic heterocycles. The lowest BCUT2D eigenvalue weighted by Gasteiger charge is -2.12. The monoisotopic (exact) mass is 198 g/mol. The second-order valence-electron chi connectivity index (χ2n) is 2.71. The summed E-state index contributed by atoms with van der Waals surface area (Å²) < 4.78 is 1.34. The predicted octanol–water partition coefficient (Wildman–Crippen LogP) is -1.13. The fourth-order valence-corrected chi connectivity index (χ4v) is 0.945. The highest BCUT2D eigenvalue weighted by molar-refractivity contribution is 5.81. The molecular formula is C7H10N4O3. The van der Waals surface area contributed by atoms with Crippen molar-refractivity contribution in [1.29, 1.82) is 0 Å². The lowest BCUT2D eigenvalue weighted by molar-refractivity contribution is -0.142. The quantitative estimate of drug-likeness (QED) is 0.637. The van der Waals surface area contributed by atoms with Crippen molar-refractivity contribution in [1.82, 2.24) is 20.1 Å². The maximum absolute atomic E-state index is 10.7. The zero-order valence-electron chi connectivity index (χ0n) is 7.54. The average molecular weight is 198 g/mol. The van der Waals surface area contributed by atoms with Crippen LogP contribution in [0.4, 0.5) is 0 Å². The summed E-state index contributed by atoms with van der Waals surface area (Å²) in [5.41, 5.74) is 0. The van der Waals surface area contributed by atoms with Gasteiger partial charge in [-0.15, -0.1) is 0 Å². The number of nitrogens with zero attached hydrogens (tertiary/aromatic N) is 3. The number of carbonyl (C=O) groups excluding carboxylic acids is 1. The first-order valence-corrected chi connectivity index (χ1v) is 3.92. The van der Waals surface area contributed by atoms with Crippen LogP contribution in [0.3, 0.4) is 0 Å². The highest BCUT2D eigenvalue weighted by atomic mass is 16.4. The zero-order valence-corrected chi connectivity index (χ0v) is 7.54. The van der Waals surface area contributed by atoms with E-state index < -0.39 is 17.9 Å². The van der Waals surface area contributed by atoms with Crippen molar-refractivity contribution in [2.45, 2.75) is 19.5 Å². The number of aromatic nitrogens is 3. The molecule has 7 heteroatoms. The van der Waals surface area contributed by atoms with Gasteiger partial charge in [-0.2, -0.15) is 5.10 Å². The first-order chi connectivity index (χ1) is 6.59. The fraction of sp³-hybridized carbons (Fsp3) is 0.429. The van der Waals surface area contributed by atoms with Gasteiger partial charge in [0.1, 0.15) is 18.7 Å². The van der Waals surface area contributed by atoms with Crippen LogP contribution in [-0.4, -0.2) is 37.8 Å². The molecule has 0 aliphatic rings. The minimum absolute atomic E-state index is 0.0644. The molecule has 7 nitrogen and oxygen atoms in total. The Hall–Kier alpha value is -1.92. The van der Waals surface area contributed by atoms with Crippen molar-refractivity contribution >= 4 is 11.9 Å². The Balaban J connectivity index is 2.60. The van der Waals surface area contributed by atoms with E-state index in [1.165, 1.54) is 24.3 Å². The Bertz CT molecular complexity index is 322. The molecule has 0 aliphatic heterocycles. The van der Waals surface area contributed by atoms with Crippen molar-refractivity contribution in [2.24, 2.45) is 0 Å². The summed E-state index contributed by atoms with van der Waals surface area (Å²) in [6.07, 6.45) is 2.68. The Kier molecular flexibility index (Phi) is 3.16. The smallest absolute Gasteiger partial charge is 0.328 e. The molecule has 1 atom stereocenters. The third-order valence-electron chi connectivity index (χ3n) is 1.51. The summed E-state index contributed by atoms with van der Waals surface area (Å²) >= 11 is 0. The van der Waals surface area contributed by atoms with Crippen LogP contribution >= 0.6 is 0 Å². The molecule has 0 aliphatic carbocycles. The van der Waals surface area contributed by atoms with E-state index in [0.717, 1.165) is 0 Å². The van der Waals surface area contributed by atoms with Crippen LogP contribution in [0.2, 0.25) is 0 Å². The fourth-order valence-electron chi connectivity index (χ4n) is 0.945. The van der Waals surface area contributed by atoms with Crippen molar-refractivity contribution in [3.05, 3.63) is 12.7 Å². The van der Waals surface area contributed by atoms with Crippen molar-refractivity contribution in [3.8, 4) is 0 Å². The SMILES string of the molecule is CC(=O)N[C@H](Cn1cncn1)C(=O)O. The van der Waals surface area contributed by atoms with Crippen LogP contribution in [0.25, 0.3) is 0 Å². The first-order valence-electron chi connectivity index (χ1n) is 3.92. The molecule has 1 aromatic rings. The third kappa shape index (κ3) is 2.85. The van der Waals surface area contributed by atoms with E-state index in [1.807, 2.05) is 0 Å². The summed E-state index contributed by atoms with van der Waals surface area (Å²) in [5.74, 6) is -1.49. The molecule has 76 valence electrons. The second-order valence-corrected chi connectivity index (χ2v) is 2.71. The van der Waals surface area contributed by atoms with E-state index in [1.54, 1.807) is 0 Å². The van der Waals surface area contributed by atoms with Crippen LogP contribution in [0.15, 0.2) is 12.7 Å². The van der Waals surface area contributed by atoms with E-state index in [2.05, 4.69) is 15.4 Å². The number of nitrogens with one attached hydrogen (secondary N) is 1. The second kappa shape index (κ2) is 4.35. The molecule has 1 amide bonds. The zero-order chi connectivity index (χ0) is 10.6. The van der Waals surface area contributed by atoms with Crippen LogP contribution in [0.5, 0.6) is 0 Å². The van der Waals surface area contributed by atoms with Crippen LogP contribution in [0, 0.1) is 0 Å². The standard InChI is InChI=1S/C7H10N4O3/c1-5(12)10-6(7(13)14)2-11-4-8-3-9-11/h3-4,6H,2H2,1H3,(H,10,12)(H,13,14)/t6-/m1/s1. The maximum atomic E-state index is 10.7. The van der Waals surface area contributed by atoms with Gasteiger partial charge in [-0.3, -0.25) is 9.48 Å². The number of amides is 1. The van der Waals surface area contributed by atoms with Crippen molar-refractivity contribution < 1.29 is 14.7 Å². The van der Waals surface area contributed by atoms with E-state index >= 15 is 0 Å². The Morgan fingerprint density at radius 3 is 2.79 bits per heavy atom. The summed E-state index contributed by atoms with van der Waals surface area (Å²) in [6.45, 7) is 1.33. The van der Waals surface area contributed by atoms with Crippen molar-refractivity contribution in [2.75, 3.05) is 0 Å². The minimum Gasteiger partial charge on any atom is -0.480 e. The van der Waals surface area contributed by atoms with Gasteiger partial charge in [0.05, 0.1) is 6.54 Å². The summed E-state index contributed by atoms with van der Waals surface area (Å²) in [7, 11) is 0. The van der Waals surface area contributed by atoms with Gasteiger partial charge in [0.15, 0.2) is 0 Å². The van der Waals surface area contributed by atoms with E-state index in [0.29, 0.717) is 0 Å². The number of carbonyl (C=O) groups is 2. The molecule has 1 rings (SSSR count). The topological polar surface area (TPSA) is 97.1 Å². The molecule has 0 fully saturated rings. The average Bonchev–Trinajstić information content (AvgIpc) is 2.54. The van der Waals surface area contributed by atoms with Gasteiger partial charge in [-0.1, -0.05) is 0 Å². The largest absolute Gasteiger partial charge is 0.480 e. The van der Waals surface area contributed by atoms with Crippen LogP contribution in [-0.2, 0) is 16.1 Å². The Labute approximate surface area is 79.8 Å². The summed E-state index contributed by atoms with van der Waals surface area (Å²) in [6, 6.07) is -0.978. The molecule has 1 heterocycles. The van der Waals surface area contributed by atoms with Gasteiger partial charge in [0, 0.05) is 6.92 Å². The number of rotatable bonds is 4. The number of aliphatic carboxylic acids is 1. The number of hydrogen-bond acceptors (Lipinski definition) is 4.